The predicted molar refractivity (Wildman–Crippen MR) is 90.7 cm³/mol. The monoisotopic (exact) mass is 355 g/mol. The lowest BCUT2D eigenvalue weighted by atomic mass is 10.1. The number of aromatic nitrogens is 1. The zero-order valence-electron chi connectivity index (χ0n) is 13.2. The number of morpholine rings is 1. The van der Waals surface area contributed by atoms with Crippen molar-refractivity contribution in [3.05, 3.63) is 22.3 Å². The molecule has 1 unspecified atom stereocenters. The normalized spacial score (nSPS) is 19.3. The molecule has 0 radical (unpaired) electrons. The van der Waals surface area contributed by atoms with E-state index in [0.717, 1.165) is 49.6 Å². The topological polar surface area (TPSA) is 37.4 Å². The minimum atomic E-state index is 0.427. The highest BCUT2D eigenvalue weighted by Crippen LogP contribution is 2.25. The van der Waals surface area contributed by atoms with E-state index in [9.17, 15) is 0 Å². The molecule has 5 heteroatoms. The zero-order valence-corrected chi connectivity index (χ0v) is 14.8. The van der Waals surface area contributed by atoms with Gasteiger partial charge in [-0.05, 0) is 40.9 Å². The number of pyridine rings is 1. The van der Waals surface area contributed by atoms with Crippen LogP contribution in [0.5, 0.6) is 0 Å². The van der Waals surface area contributed by atoms with E-state index in [1.807, 2.05) is 6.20 Å². The van der Waals surface area contributed by atoms with E-state index in [2.05, 4.69) is 58.0 Å². The van der Waals surface area contributed by atoms with Crippen LogP contribution in [0, 0.1) is 5.92 Å². The van der Waals surface area contributed by atoms with Crippen LogP contribution in [0.25, 0.3) is 0 Å². The van der Waals surface area contributed by atoms with E-state index in [1.54, 1.807) is 0 Å². The standard InChI is InChI=1S/C16H26BrN3O/c1-4-15-11-21-6-5-20(15)16-13(7-14(17)10-19-16)9-18-8-12(2)3/h7,10,12,15,18H,4-6,8-9,11H2,1-3H3. The van der Waals surface area contributed by atoms with Crippen LogP contribution < -0.4 is 10.2 Å². The highest BCUT2D eigenvalue weighted by molar-refractivity contribution is 9.10. The van der Waals surface area contributed by atoms with E-state index < -0.39 is 0 Å². The number of ether oxygens (including phenoxy) is 1. The average molecular weight is 356 g/mol. The van der Waals surface area contributed by atoms with Crippen LogP contribution in [0.1, 0.15) is 32.8 Å². The van der Waals surface area contributed by atoms with E-state index in [4.69, 9.17) is 4.74 Å². The molecule has 4 nitrogen and oxygen atoms in total. The van der Waals surface area contributed by atoms with Gasteiger partial charge in [0.05, 0.1) is 19.3 Å². The van der Waals surface area contributed by atoms with Gasteiger partial charge in [0.1, 0.15) is 5.82 Å². The number of nitrogens with one attached hydrogen (secondary N) is 1. The van der Waals surface area contributed by atoms with Crippen molar-refractivity contribution in [1.82, 2.24) is 10.3 Å². The lowest BCUT2D eigenvalue weighted by molar-refractivity contribution is 0.0924. The number of hydrogen-bond donors (Lipinski definition) is 1. The molecule has 1 N–H and O–H groups in total. The SMILES string of the molecule is CCC1COCCN1c1ncc(Br)cc1CNCC(C)C. The Morgan fingerprint density at radius 3 is 3.05 bits per heavy atom. The summed E-state index contributed by atoms with van der Waals surface area (Å²) in [4.78, 5) is 7.09. The average Bonchev–Trinajstić information content (AvgIpc) is 2.47. The van der Waals surface area contributed by atoms with Crippen LogP contribution in [-0.4, -0.2) is 37.3 Å². The number of halogens is 1. The molecule has 2 rings (SSSR count). The van der Waals surface area contributed by atoms with Gasteiger partial charge in [-0.25, -0.2) is 4.98 Å². The summed E-state index contributed by atoms with van der Waals surface area (Å²) in [5.74, 6) is 1.75. The molecule has 0 spiro atoms. The van der Waals surface area contributed by atoms with Crippen LogP contribution >= 0.6 is 15.9 Å². The fourth-order valence-corrected chi connectivity index (χ4v) is 3.01. The molecular weight excluding hydrogens is 330 g/mol. The van der Waals surface area contributed by atoms with Crippen molar-refractivity contribution in [2.24, 2.45) is 5.92 Å². The number of nitrogens with zero attached hydrogens (tertiary/aromatic N) is 2. The highest BCUT2D eigenvalue weighted by atomic mass is 79.9. The Kier molecular flexibility index (Phi) is 6.45. The van der Waals surface area contributed by atoms with E-state index in [-0.39, 0.29) is 0 Å². The highest BCUT2D eigenvalue weighted by Gasteiger charge is 2.24. The largest absolute Gasteiger partial charge is 0.377 e. The lowest BCUT2D eigenvalue weighted by Gasteiger charge is -2.37. The molecule has 1 aromatic heterocycles. The summed E-state index contributed by atoms with van der Waals surface area (Å²) in [5.41, 5.74) is 1.25. The van der Waals surface area contributed by atoms with Gasteiger partial charge < -0.3 is 15.0 Å². The van der Waals surface area contributed by atoms with Gasteiger partial charge >= 0.3 is 0 Å². The Morgan fingerprint density at radius 2 is 2.33 bits per heavy atom. The second-order valence-electron chi connectivity index (χ2n) is 5.99. The first-order valence-corrected chi connectivity index (χ1v) is 8.60. The molecule has 118 valence electrons. The predicted octanol–water partition coefficient (Wildman–Crippen LogP) is 3.20. The van der Waals surface area contributed by atoms with Gasteiger partial charge in [-0.3, -0.25) is 0 Å². The summed E-state index contributed by atoms with van der Waals surface area (Å²) in [7, 11) is 0. The molecule has 1 saturated heterocycles. The molecule has 1 atom stereocenters. The third-order valence-corrected chi connectivity index (χ3v) is 4.18. The van der Waals surface area contributed by atoms with Gasteiger partial charge in [-0.2, -0.15) is 0 Å². The summed E-state index contributed by atoms with van der Waals surface area (Å²) in [6.07, 6.45) is 2.97. The molecule has 0 saturated carbocycles. The van der Waals surface area contributed by atoms with E-state index in [0.29, 0.717) is 12.0 Å². The summed E-state index contributed by atoms with van der Waals surface area (Å²) in [5, 5.41) is 3.52. The van der Waals surface area contributed by atoms with Crippen molar-refractivity contribution in [3.8, 4) is 0 Å². The Balaban J connectivity index is 2.16. The van der Waals surface area contributed by atoms with Crippen molar-refractivity contribution >= 4 is 21.7 Å². The fraction of sp³-hybridized carbons (Fsp3) is 0.688. The van der Waals surface area contributed by atoms with Gasteiger partial charge in [0.2, 0.25) is 0 Å². The summed E-state index contributed by atoms with van der Waals surface area (Å²) >= 11 is 3.54. The Hall–Kier alpha value is -0.650. The Bertz CT molecular complexity index is 453. The minimum Gasteiger partial charge on any atom is -0.377 e. The summed E-state index contributed by atoms with van der Waals surface area (Å²) in [6, 6.07) is 2.61. The summed E-state index contributed by atoms with van der Waals surface area (Å²) in [6.45, 7) is 11.0. The quantitative estimate of drug-likeness (QED) is 0.849. The first kappa shape index (κ1) is 16.7. The summed E-state index contributed by atoms with van der Waals surface area (Å²) < 4.78 is 6.64. The number of rotatable bonds is 6. The molecule has 21 heavy (non-hydrogen) atoms. The van der Waals surface area contributed by atoms with Crippen LogP contribution in [0.15, 0.2) is 16.7 Å². The minimum absolute atomic E-state index is 0.427. The molecule has 1 aliphatic heterocycles. The maximum Gasteiger partial charge on any atom is 0.133 e. The van der Waals surface area contributed by atoms with Gasteiger partial charge in [0.15, 0.2) is 0 Å². The van der Waals surface area contributed by atoms with E-state index >= 15 is 0 Å². The van der Waals surface area contributed by atoms with Gasteiger partial charge in [-0.1, -0.05) is 20.8 Å². The van der Waals surface area contributed by atoms with Crippen LogP contribution in [-0.2, 0) is 11.3 Å². The molecule has 1 aromatic rings. The van der Waals surface area contributed by atoms with Crippen molar-refractivity contribution in [3.63, 3.8) is 0 Å². The third-order valence-electron chi connectivity index (χ3n) is 3.75. The lowest BCUT2D eigenvalue weighted by Crippen LogP contribution is -2.46. The van der Waals surface area contributed by atoms with Gasteiger partial charge in [0, 0.05) is 29.3 Å². The smallest absolute Gasteiger partial charge is 0.133 e. The second-order valence-corrected chi connectivity index (χ2v) is 6.91. The molecule has 2 heterocycles. The maximum absolute atomic E-state index is 5.61. The Labute approximate surface area is 136 Å². The molecule has 0 aliphatic carbocycles. The van der Waals surface area contributed by atoms with Crippen molar-refractivity contribution in [2.75, 3.05) is 31.2 Å². The Morgan fingerprint density at radius 1 is 1.52 bits per heavy atom. The van der Waals surface area contributed by atoms with Gasteiger partial charge in [-0.15, -0.1) is 0 Å². The first-order valence-electron chi connectivity index (χ1n) is 7.81. The molecule has 1 aliphatic rings. The van der Waals surface area contributed by atoms with Gasteiger partial charge in [0.25, 0.3) is 0 Å². The van der Waals surface area contributed by atoms with Crippen LogP contribution in [0.3, 0.4) is 0 Å². The van der Waals surface area contributed by atoms with Crippen molar-refractivity contribution in [1.29, 1.82) is 0 Å². The van der Waals surface area contributed by atoms with Crippen molar-refractivity contribution in [2.45, 2.75) is 39.8 Å². The second kappa shape index (κ2) is 8.11. The molecular formula is C16H26BrN3O. The first-order chi connectivity index (χ1) is 10.1. The molecule has 0 aromatic carbocycles. The molecule has 1 fully saturated rings. The zero-order chi connectivity index (χ0) is 15.2. The molecule has 0 bridgehead atoms. The number of hydrogen-bond acceptors (Lipinski definition) is 4. The maximum atomic E-state index is 5.61. The van der Waals surface area contributed by atoms with E-state index in [1.165, 1.54) is 5.56 Å². The number of anilines is 1. The van der Waals surface area contributed by atoms with Crippen LogP contribution in [0.4, 0.5) is 5.82 Å². The van der Waals surface area contributed by atoms with Crippen molar-refractivity contribution < 1.29 is 4.74 Å². The molecule has 0 amide bonds. The third kappa shape index (κ3) is 4.66. The fourth-order valence-electron chi connectivity index (χ4n) is 2.63. The van der Waals surface area contributed by atoms with Crippen LogP contribution in [0.2, 0.25) is 0 Å².